The van der Waals surface area contributed by atoms with Gasteiger partial charge in [0.05, 0.1) is 0 Å². The first-order valence-corrected chi connectivity index (χ1v) is 6.83. The smallest absolute Gasteiger partial charge is 0.134 e. The van der Waals surface area contributed by atoms with E-state index >= 15 is 0 Å². The van der Waals surface area contributed by atoms with Gasteiger partial charge in [-0.05, 0) is 30.4 Å². The molecule has 0 unspecified atom stereocenters. The highest BCUT2D eigenvalue weighted by Gasteiger charge is 2.23. The van der Waals surface area contributed by atoms with Crippen molar-refractivity contribution >= 4 is 17.4 Å². The second-order valence-corrected chi connectivity index (χ2v) is 5.24. The molecule has 0 aliphatic heterocycles. The molecule has 1 saturated carbocycles. The lowest BCUT2D eigenvalue weighted by Gasteiger charge is -2.07. The van der Waals surface area contributed by atoms with Gasteiger partial charge in [-0.3, -0.25) is 4.98 Å². The van der Waals surface area contributed by atoms with E-state index in [0.717, 1.165) is 29.5 Å². The monoisotopic (exact) mass is 274 g/mol. The first-order chi connectivity index (χ1) is 9.29. The van der Waals surface area contributed by atoms with Crippen molar-refractivity contribution in [2.45, 2.75) is 25.8 Å². The Balaban J connectivity index is 1.67. The molecule has 0 spiro atoms. The van der Waals surface area contributed by atoms with Gasteiger partial charge in [0.2, 0.25) is 0 Å². The van der Waals surface area contributed by atoms with Crippen molar-refractivity contribution in [1.29, 1.82) is 0 Å². The number of anilines is 1. The largest absolute Gasteiger partial charge is 0.366 e. The van der Waals surface area contributed by atoms with Crippen LogP contribution in [0.5, 0.6) is 0 Å². The van der Waals surface area contributed by atoms with E-state index in [1.165, 1.54) is 12.8 Å². The Kier molecular flexibility index (Phi) is 3.60. The predicted octanol–water partition coefficient (Wildman–Crippen LogP) is 3.09. The fraction of sp³-hybridized carbons (Fsp3) is 0.357. The third kappa shape index (κ3) is 3.64. The third-order valence-electron chi connectivity index (χ3n) is 3.11. The fourth-order valence-corrected chi connectivity index (χ4v) is 2.12. The Morgan fingerprint density at radius 1 is 1.32 bits per heavy atom. The Morgan fingerprint density at radius 2 is 2.21 bits per heavy atom. The van der Waals surface area contributed by atoms with Crippen LogP contribution in [-0.2, 0) is 13.0 Å². The number of rotatable bonds is 5. The van der Waals surface area contributed by atoms with Crippen molar-refractivity contribution in [3.63, 3.8) is 0 Å². The number of hydrogen-bond donors (Lipinski definition) is 1. The van der Waals surface area contributed by atoms with Gasteiger partial charge < -0.3 is 5.32 Å². The average Bonchev–Trinajstić information content (AvgIpc) is 3.21. The van der Waals surface area contributed by atoms with Crippen molar-refractivity contribution in [3.05, 3.63) is 47.1 Å². The zero-order chi connectivity index (χ0) is 13.1. The van der Waals surface area contributed by atoms with Crippen LogP contribution in [0.3, 0.4) is 0 Å². The summed E-state index contributed by atoms with van der Waals surface area (Å²) in [6.07, 6.45) is 7.10. The summed E-state index contributed by atoms with van der Waals surface area (Å²) in [5.74, 6) is 2.37. The molecule has 4 nitrogen and oxygen atoms in total. The summed E-state index contributed by atoms with van der Waals surface area (Å²) in [4.78, 5) is 12.9. The molecule has 0 bridgehead atoms. The Hall–Kier alpha value is -1.68. The molecule has 2 aromatic rings. The van der Waals surface area contributed by atoms with E-state index in [9.17, 15) is 0 Å². The molecule has 0 radical (unpaired) electrons. The van der Waals surface area contributed by atoms with Crippen LogP contribution in [0.15, 0.2) is 30.6 Å². The average molecular weight is 275 g/mol. The van der Waals surface area contributed by atoms with Gasteiger partial charge in [0.15, 0.2) is 0 Å². The van der Waals surface area contributed by atoms with Crippen LogP contribution in [0.1, 0.15) is 24.2 Å². The second kappa shape index (κ2) is 5.53. The highest BCUT2D eigenvalue weighted by Crippen LogP contribution is 2.32. The minimum Gasteiger partial charge on any atom is -0.366 e. The summed E-state index contributed by atoms with van der Waals surface area (Å²) < 4.78 is 0. The molecular weight excluding hydrogens is 260 g/mol. The van der Waals surface area contributed by atoms with Crippen LogP contribution in [0.2, 0.25) is 5.15 Å². The number of halogens is 1. The third-order valence-corrected chi connectivity index (χ3v) is 3.30. The lowest BCUT2D eigenvalue weighted by molar-refractivity contribution is 0.770. The predicted molar refractivity (Wildman–Crippen MR) is 75.0 cm³/mol. The molecule has 98 valence electrons. The van der Waals surface area contributed by atoms with Crippen LogP contribution < -0.4 is 5.32 Å². The zero-order valence-electron chi connectivity index (χ0n) is 10.5. The highest BCUT2D eigenvalue weighted by atomic mass is 35.5. The van der Waals surface area contributed by atoms with Crippen molar-refractivity contribution < 1.29 is 0 Å². The topological polar surface area (TPSA) is 50.7 Å². The van der Waals surface area contributed by atoms with Crippen molar-refractivity contribution in [1.82, 2.24) is 15.0 Å². The van der Waals surface area contributed by atoms with Crippen LogP contribution in [0.25, 0.3) is 0 Å². The number of hydrogen-bond acceptors (Lipinski definition) is 4. The molecule has 2 aromatic heterocycles. The molecule has 0 atom stereocenters. The minimum atomic E-state index is 0.499. The maximum Gasteiger partial charge on any atom is 0.134 e. The number of nitrogens with zero attached hydrogens (tertiary/aromatic N) is 3. The van der Waals surface area contributed by atoms with E-state index in [4.69, 9.17) is 11.6 Å². The summed E-state index contributed by atoms with van der Waals surface area (Å²) in [5.41, 5.74) is 1.11. The van der Waals surface area contributed by atoms with E-state index in [1.807, 2.05) is 18.3 Å². The van der Waals surface area contributed by atoms with E-state index < -0.39 is 0 Å². The van der Waals surface area contributed by atoms with Crippen molar-refractivity contribution in [2.24, 2.45) is 5.92 Å². The molecule has 1 aliphatic carbocycles. The molecule has 2 heterocycles. The lowest BCUT2D eigenvalue weighted by atomic mass is 10.3. The summed E-state index contributed by atoms with van der Waals surface area (Å²) in [5, 5.41) is 3.76. The second-order valence-electron chi connectivity index (χ2n) is 4.85. The van der Waals surface area contributed by atoms with E-state index in [0.29, 0.717) is 11.7 Å². The molecule has 3 rings (SSSR count). The molecule has 0 saturated heterocycles. The molecule has 1 aliphatic rings. The Bertz CT molecular complexity index is 555. The molecular formula is C14H15ClN4. The highest BCUT2D eigenvalue weighted by molar-refractivity contribution is 6.29. The molecule has 1 N–H and O–H groups in total. The maximum absolute atomic E-state index is 6.03. The molecule has 0 amide bonds. The van der Waals surface area contributed by atoms with Gasteiger partial charge in [0.25, 0.3) is 0 Å². The summed E-state index contributed by atoms with van der Waals surface area (Å²) in [6.45, 7) is 0.685. The van der Waals surface area contributed by atoms with Crippen LogP contribution in [-0.4, -0.2) is 15.0 Å². The van der Waals surface area contributed by atoms with Gasteiger partial charge in [0, 0.05) is 31.4 Å². The van der Waals surface area contributed by atoms with Crippen LogP contribution >= 0.6 is 11.6 Å². The minimum absolute atomic E-state index is 0.499. The van der Waals surface area contributed by atoms with Gasteiger partial charge >= 0.3 is 0 Å². The summed E-state index contributed by atoms with van der Waals surface area (Å²) >= 11 is 6.03. The Morgan fingerprint density at radius 3 is 2.95 bits per heavy atom. The molecule has 5 heteroatoms. The fourth-order valence-electron chi connectivity index (χ4n) is 1.92. The molecule has 0 aromatic carbocycles. The van der Waals surface area contributed by atoms with Crippen LogP contribution in [0, 0.1) is 5.92 Å². The normalized spacial score (nSPS) is 14.4. The molecule has 19 heavy (non-hydrogen) atoms. The quantitative estimate of drug-likeness (QED) is 0.852. The van der Waals surface area contributed by atoms with E-state index in [-0.39, 0.29) is 0 Å². The van der Waals surface area contributed by atoms with Crippen molar-refractivity contribution in [2.75, 3.05) is 5.32 Å². The van der Waals surface area contributed by atoms with Crippen LogP contribution in [0.4, 0.5) is 5.82 Å². The summed E-state index contributed by atoms with van der Waals surface area (Å²) in [7, 11) is 0. The zero-order valence-corrected chi connectivity index (χ0v) is 11.3. The van der Waals surface area contributed by atoms with Gasteiger partial charge in [-0.25, -0.2) is 9.97 Å². The SMILES string of the molecule is Clc1cc(NCc2cccnc2)nc(CC2CC2)n1. The van der Waals surface area contributed by atoms with E-state index in [2.05, 4.69) is 20.3 Å². The first-order valence-electron chi connectivity index (χ1n) is 6.46. The van der Waals surface area contributed by atoms with Gasteiger partial charge in [-0.15, -0.1) is 0 Å². The number of aromatic nitrogens is 3. The lowest BCUT2D eigenvalue weighted by Crippen LogP contribution is -2.05. The Labute approximate surface area is 117 Å². The van der Waals surface area contributed by atoms with E-state index in [1.54, 1.807) is 12.3 Å². The van der Waals surface area contributed by atoms with Gasteiger partial charge in [0.1, 0.15) is 16.8 Å². The first kappa shape index (κ1) is 12.4. The number of pyridine rings is 1. The molecule has 1 fully saturated rings. The van der Waals surface area contributed by atoms with Gasteiger partial charge in [-0.2, -0.15) is 0 Å². The standard InChI is InChI=1S/C14H15ClN4/c15-12-7-13(17-9-11-2-1-5-16-8-11)19-14(18-12)6-10-3-4-10/h1-2,5,7-8,10H,3-4,6,9H2,(H,17,18,19). The summed E-state index contributed by atoms with van der Waals surface area (Å²) in [6, 6.07) is 5.70. The number of nitrogens with one attached hydrogen (secondary N) is 1. The van der Waals surface area contributed by atoms with Crippen molar-refractivity contribution in [3.8, 4) is 0 Å². The maximum atomic E-state index is 6.03. The van der Waals surface area contributed by atoms with Gasteiger partial charge in [-0.1, -0.05) is 17.7 Å².